The average Bonchev–Trinajstić information content (AvgIpc) is 3.08. The summed E-state index contributed by atoms with van der Waals surface area (Å²) in [5.74, 6) is -5.96. The van der Waals surface area contributed by atoms with Crippen LogP contribution in [0.3, 0.4) is 0 Å². The van der Waals surface area contributed by atoms with Crippen molar-refractivity contribution in [3.63, 3.8) is 0 Å². The van der Waals surface area contributed by atoms with E-state index in [1.165, 1.54) is 17.0 Å². The lowest BCUT2D eigenvalue weighted by molar-refractivity contribution is -0.141. The van der Waals surface area contributed by atoms with Crippen LogP contribution in [-0.2, 0) is 16.1 Å². The van der Waals surface area contributed by atoms with Crippen LogP contribution in [0.25, 0.3) is 6.08 Å². The molecule has 1 aliphatic rings. The van der Waals surface area contributed by atoms with E-state index in [9.17, 15) is 23.2 Å². The Kier molecular flexibility index (Phi) is 7.85. The predicted octanol–water partition coefficient (Wildman–Crippen LogP) is 5.76. The average molecular weight is 502 g/mol. The molecule has 0 saturated carbocycles. The smallest absolute Gasteiger partial charge is 0.305 e. The Hall–Kier alpha value is -3.39. The standard InChI is InChI=1S/C26H26ClF2N3O3/c1-15(6-4-7-16(2)33)12-17-8-5-9-21(27)22(17)32-14-19-11-10-18(13-20(19)24(32)34)23(30)31-25(35)26(3,28)29/h5,8-13H,4,6-7,14H2,1-3H3,(H2,30,31,35)/b15-12-. The zero-order chi connectivity index (χ0) is 25.9. The van der Waals surface area contributed by atoms with Gasteiger partial charge in [-0.2, -0.15) is 8.78 Å². The van der Waals surface area contributed by atoms with E-state index in [0.717, 1.165) is 24.0 Å². The predicted molar refractivity (Wildman–Crippen MR) is 132 cm³/mol. The second-order valence-corrected chi connectivity index (χ2v) is 9.11. The summed E-state index contributed by atoms with van der Waals surface area (Å²) in [5, 5.41) is 10.2. The number of amidine groups is 1. The Balaban J connectivity index is 1.87. The number of para-hydroxylation sites is 1. The number of fused-ring (bicyclic) bond motifs is 1. The third kappa shape index (κ3) is 6.19. The number of ketones is 1. The van der Waals surface area contributed by atoms with Gasteiger partial charge in [0.1, 0.15) is 11.6 Å². The van der Waals surface area contributed by atoms with Crippen molar-refractivity contribution in [1.82, 2.24) is 5.32 Å². The number of allylic oxidation sites excluding steroid dienone is 1. The maximum Gasteiger partial charge on any atom is 0.322 e. The van der Waals surface area contributed by atoms with Gasteiger partial charge in [0.05, 0.1) is 17.3 Å². The molecule has 2 N–H and O–H groups in total. The molecule has 0 saturated heterocycles. The van der Waals surface area contributed by atoms with Crippen molar-refractivity contribution < 1.29 is 23.2 Å². The summed E-state index contributed by atoms with van der Waals surface area (Å²) in [6, 6.07) is 9.88. The fourth-order valence-corrected chi connectivity index (χ4v) is 4.10. The van der Waals surface area contributed by atoms with Gasteiger partial charge in [-0.15, -0.1) is 0 Å². The molecule has 0 atom stereocenters. The number of benzene rings is 2. The number of nitrogens with zero attached hydrogens (tertiary/aromatic N) is 1. The summed E-state index contributed by atoms with van der Waals surface area (Å²) < 4.78 is 26.4. The van der Waals surface area contributed by atoms with E-state index in [1.807, 2.05) is 24.4 Å². The molecule has 35 heavy (non-hydrogen) atoms. The summed E-state index contributed by atoms with van der Waals surface area (Å²) in [7, 11) is 0. The molecule has 2 amide bonds. The van der Waals surface area contributed by atoms with Gasteiger partial charge in [0.15, 0.2) is 0 Å². The SMILES string of the molecule is CC(=O)CCC/C(C)=C\c1cccc(Cl)c1N1Cc2ccc(C(=N)NC(=O)C(C)(F)F)cc2C1=O. The molecular weight excluding hydrogens is 476 g/mol. The van der Waals surface area contributed by atoms with Gasteiger partial charge < -0.3 is 15.0 Å². The highest BCUT2D eigenvalue weighted by molar-refractivity contribution is 6.34. The molecule has 0 radical (unpaired) electrons. The van der Waals surface area contributed by atoms with Crippen LogP contribution in [0.5, 0.6) is 0 Å². The summed E-state index contributed by atoms with van der Waals surface area (Å²) in [5.41, 5.74) is 3.46. The first-order chi connectivity index (χ1) is 16.4. The Labute approximate surface area is 207 Å². The number of Topliss-reactive ketones (excluding diaryl/α,β-unsaturated/α-hetero) is 1. The lowest BCUT2D eigenvalue weighted by Crippen LogP contribution is -2.41. The largest absolute Gasteiger partial charge is 0.322 e. The van der Waals surface area contributed by atoms with Crippen LogP contribution >= 0.6 is 11.6 Å². The second kappa shape index (κ2) is 10.5. The number of hydrogen-bond acceptors (Lipinski definition) is 4. The van der Waals surface area contributed by atoms with Crippen molar-refractivity contribution in [2.75, 3.05) is 4.90 Å². The molecule has 0 aliphatic carbocycles. The molecule has 0 spiro atoms. The van der Waals surface area contributed by atoms with Gasteiger partial charge in [-0.3, -0.25) is 15.0 Å². The number of amides is 2. The van der Waals surface area contributed by atoms with Crippen LogP contribution in [-0.4, -0.2) is 29.4 Å². The zero-order valence-electron chi connectivity index (χ0n) is 19.7. The second-order valence-electron chi connectivity index (χ2n) is 8.70. The number of nitrogens with one attached hydrogen (secondary N) is 2. The quantitative estimate of drug-likeness (QED) is 0.356. The maximum atomic E-state index is 13.3. The Morgan fingerprint density at radius 1 is 1.20 bits per heavy atom. The fraction of sp³-hybridized carbons (Fsp3) is 0.308. The molecule has 1 aliphatic heterocycles. The maximum absolute atomic E-state index is 13.3. The monoisotopic (exact) mass is 501 g/mol. The molecule has 0 aromatic heterocycles. The summed E-state index contributed by atoms with van der Waals surface area (Å²) >= 11 is 6.51. The summed E-state index contributed by atoms with van der Waals surface area (Å²) in [4.78, 5) is 37.6. The Bertz CT molecular complexity index is 1230. The van der Waals surface area contributed by atoms with Crippen LogP contribution < -0.4 is 10.2 Å². The first-order valence-corrected chi connectivity index (χ1v) is 11.4. The van der Waals surface area contributed by atoms with Crippen molar-refractivity contribution in [2.45, 2.75) is 52.5 Å². The minimum atomic E-state index is -3.63. The lowest BCUT2D eigenvalue weighted by atomic mass is 10.0. The highest BCUT2D eigenvalue weighted by Crippen LogP contribution is 2.37. The van der Waals surface area contributed by atoms with E-state index in [4.69, 9.17) is 17.0 Å². The molecule has 1 heterocycles. The molecule has 2 aromatic carbocycles. The van der Waals surface area contributed by atoms with E-state index in [2.05, 4.69) is 0 Å². The first kappa shape index (κ1) is 26.2. The van der Waals surface area contributed by atoms with E-state index < -0.39 is 17.7 Å². The van der Waals surface area contributed by atoms with Crippen molar-refractivity contribution in [1.29, 1.82) is 5.41 Å². The van der Waals surface area contributed by atoms with Gasteiger partial charge >= 0.3 is 5.92 Å². The third-order valence-corrected chi connectivity index (χ3v) is 5.93. The topological polar surface area (TPSA) is 90.3 Å². The summed E-state index contributed by atoms with van der Waals surface area (Å²) in [6.45, 7) is 4.21. The highest BCUT2D eigenvalue weighted by Gasteiger charge is 2.34. The van der Waals surface area contributed by atoms with Gasteiger partial charge in [0, 0.05) is 24.5 Å². The van der Waals surface area contributed by atoms with E-state index in [1.54, 1.807) is 25.1 Å². The van der Waals surface area contributed by atoms with Gasteiger partial charge in [-0.05, 0) is 49.9 Å². The van der Waals surface area contributed by atoms with Crippen LogP contribution in [0.4, 0.5) is 14.5 Å². The van der Waals surface area contributed by atoms with E-state index >= 15 is 0 Å². The molecule has 0 bridgehead atoms. The summed E-state index contributed by atoms with van der Waals surface area (Å²) in [6.07, 6.45) is 3.91. The van der Waals surface area contributed by atoms with Gasteiger partial charge in [0.25, 0.3) is 11.8 Å². The van der Waals surface area contributed by atoms with Crippen LogP contribution in [0, 0.1) is 5.41 Å². The number of carbonyl (C=O) groups excluding carboxylic acids is 3. The molecule has 0 fully saturated rings. The van der Waals surface area contributed by atoms with Crippen molar-refractivity contribution in [2.24, 2.45) is 0 Å². The molecular formula is C26H26ClF2N3O3. The number of halogens is 3. The molecule has 3 rings (SSSR count). The van der Waals surface area contributed by atoms with E-state index in [0.29, 0.717) is 35.2 Å². The Morgan fingerprint density at radius 2 is 1.91 bits per heavy atom. The fourth-order valence-electron chi connectivity index (χ4n) is 3.82. The molecule has 9 heteroatoms. The van der Waals surface area contributed by atoms with Crippen LogP contribution in [0.1, 0.15) is 67.1 Å². The van der Waals surface area contributed by atoms with Crippen LogP contribution in [0.2, 0.25) is 5.02 Å². The molecule has 184 valence electrons. The number of anilines is 1. The van der Waals surface area contributed by atoms with Gasteiger partial charge in [-0.25, -0.2) is 0 Å². The minimum Gasteiger partial charge on any atom is -0.305 e. The molecule has 6 nitrogen and oxygen atoms in total. The molecule has 2 aromatic rings. The lowest BCUT2D eigenvalue weighted by Gasteiger charge is -2.20. The highest BCUT2D eigenvalue weighted by atomic mass is 35.5. The minimum absolute atomic E-state index is 0.136. The van der Waals surface area contributed by atoms with Crippen molar-refractivity contribution in [3.8, 4) is 0 Å². The normalized spacial score (nSPS) is 13.6. The zero-order valence-corrected chi connectivity index (χ0v) is 20.4. The first-order valence-electron chi connectivity index (χ1n) is 11.1. The number of alkyl halides is 2. The van der Waals surface area contributed by atoms with Gasteiger partial charge in [-0.1, -0.05) is 47.5 Å². The number of rotatable bonds is 8. The van der Waals surface area contributed by atoms with Gasteiger partial charge in [0.2, 0.25) is 0 Å². The van der Waals surface area contributed by atoms with Crippen molar-refractivity contribution in [3.05, 3.63) is 69.2 Å². The third-order valence-electron chi connectivity index (χ3n) is 5.63. The van der Waals surface area contributed by atoms with E-state index in [-0.39, 0.29) is 23.8 Å². The Morgan fingerprint density at radius 3 is 2.57 bits per heavy atom. The number of carbonyl (C=O) groups is 3. The molecule has 0 unspecified atom stereocenters. The number of hydrogen-bond donors (Lipinski definition) is 2. The van der Waals surface area contributed by atoms with Crippen LogP contribution in [0.15, 0.2) is 42.0 Å². The van der Waals surface area contributed by atoms with Crippen molar-refractivity contribution >= 4 is 46.8 Å².